The van der Waals surface area contributed by atoms with Crippen molar-refractivity contribution in [3.8, 4) is 11.1 Å². The summed E-state index contributed by atoms with van der Waals surface area (Å²) in [6, 6.07) is 19.7. The van der Waals surface area contributed by atoms with Crippen molar-refractivity contribution >= 4 is 11.8 Å². The molecule has 122 valence electrons. The summed E-state index contributed by atoms with van der Waals surface area (Å²) < 4.78 is 0. The van der Waals surface area contributed by atoms with Gasteiger partial charge in [0.1, 0.15) is 0 Å². The van der Waals surface area contributed by atoms with Crippen molar-refractivity contribution in [2.75, 3.05) is 5.75 Å². The highest BCUT2D eigenvalue weighted by Crippen LogP contribution is 2.29. The van der Waals surface area contributed by atoms with Gasteiger partial charge in [-0.05, 0) is 41.4 Å². The summed E-state index contributed by atoms with van der Waals surface area (Å²) in [5.74, 6) is 2.30. The van der Waals surface area contributed by atoms with Gasteiger partial charge in [-0.25, -0.2) is 0 Å². The van der Waals surface area contributed by atoms with Gasteiger partial charge >= 0.3 is 0 Å². The normalized spacial score (nSPS) is 15.7. The first-order chi connectivity index (χ1) is 11.4. The summed E-state index contributed by atoms with van der Waals surface area (Å²) >= 11 is 2.01. The van der Waals surface area contributed by atoms with Gasteiger partial charge in [0, 0.05) is 4.90 Å². The summed E-state index contributed by atoms with van der Waals surface area (Å²) in [6.07, 6.45) is 11.7. The lowest BCUT2D eigenvalue weighted by Gasteiger charge is -2.21. The highest BCUT2D eigenvalue weighted by atomic mass is 32.2. The van der Waals surface area contributed by atoms with Crippen LogP contribution < -0.4 is 0 Å². The van der Waals surface area contributed by atoms with E-state index in [1.54, 1.807) is 0 Å². The number of hydrogen-bond donors (Lipinski definition) is 0. The molecular weight excluding hydrogens is 296 g/mol. The van der Waals surface area contributed by atoms with E-state index in [4.69, 9.17) is 0 Å². The zero-order valence-corrected chi connectivity index (χ0v) is 14.9. The number of hydrogen-bond acceptors (Lipinski definition) is 1. The second kappa shape index (κ2) is 9.17. The van der Waals surface area contributed by atoms with Gasteiger partial charge in [0.15, 0.2) is 0 Å². The molecule has 1 fully saturated rings. The average molecular weight is 325 g/mol. The van der Waals surface area contributed by atoms with E-state index < -0.39 is 0 Å². The van der Waals surface area contributed by atoms with Crippen LogP contribution in [0.3, 0.4) is 0 Å². The number of thioether (sulfide) groups is 1. The van der Waals surface area contributed by atoms with E-state index >= 15 is 0 Å². The maximum absolute atomic E-state index is 2.27. The van der Waals surface area contributed by atoms with Crippen molar-refractivity contribution in [3.63, 3.8) is 0 Å². The lowest BCUT2D eigenvalue weighted by molar-refractivity contribution is 0.332. The third-order valence-electron chi connectivity index (χ3n) is 4.96. The molecule has 1 aliphatic rings. The van der Waals surface area contributed by atoms with Gasteiger partial charge in [-0.2, -0.15) is 0 Å². The van der Waals surface area contributed by atoms with Crippen molar-refractivity contribution in [1.29, 1.82) is 0 Å². The van der Waals surface area contributed by atoms with Crippen molar-refractivity contribution in [2.24, 2.45) is 5.92 Å². The fraction of sp³-hybridized carbons (Fsp3) is 0.455. The third kappa shape index (κ3) is 5.42. The Morgan fingerprint density at radius 2 is 1.43 bits per heavy atom. The van der Waals surface area contributed by atoms with Crippen LogP contribution in [0.15, 0.2) is 59.5 Å². The lowest BCUT2D eigenvalue weighted by atomic mass is 9.86. The van der Waals surface area contributed by atoms with E-state index in [1.807, 2.05) is 11.8 Å². The molecular formula is C22H28S. The maximum Gasteiger partial charge on any atom is 0.00723 e. The Morgan fingerprint density at radius 3 is 2.17 bits per heavy atom. The van der Waals surface area contributed by atoms with Crippen molar-refractivity contribution in [1.82, 2.24) is 0 Å². The topological polar surface area (TPSA) is 0 Å². The minimum Gasteiger partial charge on any atom is -0.126 e. The van der Waals surface area contributed by atoms with Crippen molar-refractivity contribution in [2.45, 2.75) is 56.3 Å². The summed E-state index contributed by atoms with van der Waals surface area (Å²) in [7, 11) is 0. The number of rotatable bonds is 7. The van der Waals surface area contributed by atoms with Crippen LogP contribution in [-0.4, -0.2) is 5.75 Å². The Balaban J connectivity index is 1.37. The van der Waals surface area contributed by atoms with Crippen LogP contribution in [-0.2, 0) is 0 Å². The molecule has 0 N–H and O–H groups in total. The first kappa shape index (κ1) is 16.6. The predicted molar refractivity (Wildman–Crippen MR) is 103 cm³/mol. The molecule has 2 aromatic carbocycles. The highest BCUT2D eigenvalue weighted by Gasteiger charge is 2.12. The zero-order valence-electron chi connectivity index (χ0n) is 14.0. The molecule has 0 bridgehead atoms. The Kier molecular flexibility index (Phi) is 6.64. The molecule has 1 saturated carbocycles. The average Bonchev–Trinajstić information content (AvgIpc) is 2.64. The van der Waals surface area contributed by atoms with Gasteiger partial charge in [-0.3, -0.25) is 0 Å². The summed E-state index contributed by atoms with van der Waals surface area (Å²) in [5.41, 5.74) is 2.61. The smallest absolute Gasteiger partial charge is 0.00723 e. The van der Waals surface area contributed by atoms with E-state index in [2.05, 4.69) is 54.6 Å². The summed E-state index contributed by atoms with van der Waals surface area (Å²) in [5, 5.41) is 0. The van der Waals surface area contributed by atoms with Crippen molar-refractivity contribution in [3.05, 3.63) is 54.6 Å². The Bertz CT molecular complexity index is 552. The molecule has 0 aliphatic heterocycles. The zero-order chi connectivity index (χ0) is 15.7. The molecule has 0 aromatic heterocycles. The van der Waals surface area contributed by atoms with Gasteiger partial charge in [-0.15, -0.1) is 11.8 Å². The maximum atomic E-state index is 2.27. The first-order valence-electron chi connectivity index (χ1n) is 9.20. The molecule has 0 nitrogen and oxygen atoms in total. The van der Waals surface area contributed by atoms with Gasteiger partial charge in [0.25, 0.3) is 0 Å². The van der Waals surface area contributed by atoms with E-state index in [9.17, 15) is 0 Å². The van der Waals surface area contributed by atoms with Gasteiger partial charge in [0.2, 0.25) is 0 Å². The molecule has 0 unspecified atom stereocenters. The van der Waals surface area contributed by atoms with E-state index in [0.717, 1.165) is 5.92 Å². The second-order valence-corrected chi connectivity index (χ2v) is 7.91. The van der Waals surface area contributed by atoms with Crippen molar-refractivity contribution < 1.29 is 0 Å². The van der Waals surface area contributed by atoms with Gasteiger partial charge in [0.05, 0.1) is 0 Å². The van der Waals surface area contributed by atoms with Crippen LogP contribution in [0.4, 0.5) is 0 Å². The van der Waals surface area contributed by atoms with E-state index in [0.29, 0.717) is 0 Å². The largest absolute Gasteiger partial charge is 0.126 e. The van der Waals surface area contributed by atoms with Gasteiger partial charge in [-0.1, -0.05) is 87.4 Å². The standard InChI is InChI=1S/C22H28S/c1-3-9-19(10-4-1)11-7-8-18-23-22-16-14-21(15-17-22)20-12-5-2-6-13-20/h2,5-6,12-17,19H,1,3-4,7-11,18H2. The molecule has 0 saturated heterocycles. The highest BCUT2D eigenvalue weighted by molar-refractivity contribution is 7.99. The second-order valence-electron chi connectivity index (χ2n) is 6.74. The van der Waals surface area contributed by atoms with Crippen LogP contribution in [0.2, 0.25) is 0 Å². The molecule has 23 heavy (non-hydrogen) atoms. The van der Waals surface area contributed by atoms with Gasteiger partial charge < -0.3 is 0 Å². The molecule has 0 amide bonds. The Morgan fingerprint density at radius 1 is 0.739 bits per heavy atom. The SMILES string of the molecule is c1ccc(-c2ccc(SCCCCC3CCCCC3)cc2)cc1. The minimum atomic E-state index is 1.04. The van der Waals surface area contributed by atoms with E-state index in [-0.39, 0.29) is 0 Å². The van der Waals surface area contributed by atoms with Crippen LogP contribution in [0, 0.1) is 5.92 Å². The summed E-state index contributed by atoms with van der Waals surface area (Å²) in [6.45, 7) is 0. The minimum absolute atomic E-state index is 1.04. The fourth-order valence-electron chi connectivity index (χ4n) is 3.58. The van der Waals surface area contributed by atoms with Crippen LogP contribution in [0.5, 0.6) is 0 Å². The first-order valence-corrected chi connectivity index (χ1v) is 10.2. The Labute approximate surface area is 145 Å². The molecule has 2 aromatic rings. The lowest BCUT2D eigenvalue weighted by Crippen LogP contribution is -2.05. The molecule has 0 heterocycles. The van der Waals surface area contributed by atoms with Crippen LogP contribution >= 0.6 is 11.8 Å². The van der Waals surface area contributed by atoms with Crippen LogP contribution in [0.25, 0.3) is 11.1 Å². The molecule has 0 atom stereocenters. The third-order valence-corrected chi connectivity index (χ3v) is 6.06. The number of benzene rings is 2. The molecule has 1 heteroatoms. The fourth-order valence-corrected chi connectivity index (χ4v) is 4.49. The number of unbranched alkanes of at least 4 members (excludes halogenated alkanes) is 1. The molecule has 0 radical (unpaired) electrons. The molecule has 1 aliphatic carbocycles. The summed E-state index contributed by atoms with van der Waals surface area (Å²) in [4.78, 5) is 1.40. The Hall–Kier alpha value is -1.21. The molecule has 0 spiro atoms. The quantitative estimate of drug-likeness (QED) is 0.383. The molecule has 3 rings (SSSR count). The predicted octanol–water partition coefficient (Wildman–Crippen LogP) is 7.20. The van der Waals surface area contributed by atoms with E-state index in [1.165, 1.54) is 73.1 Å². The monoisotopic (exact) mass is 324 g/mol. The van der Waals surface area contributed by atoms with Crippen LogP contribution in [0.1, 0.15) is 51.4 Å².